The van der Waals surface area contributed by atoms with Crippen LogP contribution in [-0.2, 0) is 9.47 Å². The summed E-state index contributed by atoms with van der Waals surface area (Å²) in [6.07, 6.45) is 9.52. The number of rotatable bonds is 11. The fraction of sp³-hybridized carbons (Fsp3) is 0.388. The molecule has 3 saturated heterocycles. The second-order valence-electron chi connectivity index (χ2n) is 18.5. The Morgan fingerprint density at radius 2 is 1.27 bits per heavy atom. The summed E-state index contributed by atoms with van der Waals surface area (Å²) in [5.41, 5.74) is 6.17. The summed E-state index contributed by atoms with van der Waals surface area (Å²) >= 11 is 13.3. The number of halogens is 2. The zero-order valence-corrected chi connectivity index (χ0v) is 41.8. The van der Waals surface area contributed by atoms with Crippen molar-refractivity contribution in [3.05, 3.63) is 95.0 Å². The molecule has 5 aliphatic rings. The van der Waals surface area contributed by atoms with Crippen molar-refractivity contribution in [3.8, 4) is 34.3 Å². The monoisotopic (exact) mass is 1030 g/mol. The number of nitrogens with one attached hydrogen (secondary N) is 2. The third kappa shape index (κ3) is 10.8. The second-order valence-corrected chi connectivity index (χ2v) is 19.3. The standard InChI is InChI=1S/C26H28ClN7O4.C23H24ClN7O4/c1-15-8-16(4-6-29-15)23-19(27)9-20-24(32-23)34(17-5-7-33(20)12-17)25(35)31-21-10-28-11-22(30-21)36-13-18-14-37-26(2,3)38-18;1-13-6-14(2-4-26-13)21-17(24)7-18-22(29-21)31(15-3-5-30(18)10-15)23(34)28-19-8-25-9-20(27-19)35-12-16(33)11-32/h4,6,8-11,17-18H,5,7,12-14H2,1-3H3,(H,30,31,35);2,4,6-9,15-16,32-33H,3,5,10-12H2,1H3,(H,27,28,34)/t17-,18+;15-,16-/m00/s1. The van der Waals surface area contributed by atoms with E-state index in [-0.39, 0.29) is 60.8 Å². The Morgan fingerprint density at radius 1 is 0.767 bits per heavy atom. The molecule has 0 unspecified atom stereocenters. The molecule has 5 aliphatic heterocycles. The van der Waals surface area contributed by atoms with Gasteiger partial charge in [0, 0.05) is 61.1 Å². The van der Waals surface area contributed by atoms with Gasteiger partial charge >= 0.3 is 12.1 Å². The zero-order chi connectivity index (χ0) is 51.0. The van der Waals surface area contributed by atoms with E-state index < -0.39 is 24.5 Å². The lowest BCUT2D eigenvalue weighted by atomic mass is 10.1. The van der Waals surface area contributed by atoms with Crippen LogP contribution in [0.15, 0.2) is 73.6 Å². The van der Waals surface area contributed by atoms with Gasteiger partial charge in [-0.2, -0.15) is 9.97 Å². The molecule has 6 aromatic rings. The lowest BCUT2D eigenvalue weighted by Crippen LogP contribution is -2.48. The minimum absolute atomic E-state index is 0.0292. The molecule has 73 heavy (non-hydrogen) atoms. The summed E-state index contributed by atoms with van der Waals surface area (Å²) < 4.78 is 22.4. The molecule has 0 aliphatic carbocycles. The number of fused-ring (bicyclic) bond motifs is 8. The van der Waals surface area contributed by atoms with Crippen LogP contribution in [0.2, 0.25) is 10.0 Å². The van der Waals surface area contributed by atoms with Crippen LogP contribution in [0.1, 0.15) is 38.1 Å². The number of ether oxygens (including phenoxy) is 4. The summed E-state index contributed by atoms with van der Waals surface area (Å²) in [7, 11) is 0. The normalized spacial score (nSPS) is 19.4. The van der Waals surface area contributed by atoms with Crippen molar-refractivity contribution in [2.24, 2.45) is 0 Å². The van der Waals surface area contributed by atoms with Gasteiger partial charge in [0.05, 0.1) is 82.9 Å². The Bertz CT molecular complexity index is 3050. The Kier molecular flexibility index (Phi) is 14.1. The molecule has 11 rings (SSSR count). The van der Waals surface area contributed by atoms with E-state index in [4.69, 9.17) is 57.2 Å². The number of aliphatic hydroxyl groups is 2. The number of urea groups is 2. The van der Waals surface area contributed by atoms with Gasteiger partial charge in [-0.1, -0.05) is 23.2 Å². The van der Waals surface area contributed by atoms with Gasteiger partial charge in [-0.15, -0.1) is 0 Å². The van der Waals surface area contributed by atoms with E-state index in [1.807, 2.05) is 64.1 Å². The predicted molar refractivity (Wildman–Crippen MR) is 272 cm³/mol. The van der Waals surface area contributed by atoms with E-state index in [0.29, 0.717) is 52.8 Å². The topological polar surface area (TPSA) is 252 Å². The molecule has 24 heteroatoms. The number of aliphatic hydroxyl groups excluding tert-OH is 2. The van der Waals surface area contributed by atoms with Crippen molar-refractivity contribution < 1.29 is 38.7 Å². The quantitative estimate of drug-likeness (QED) is 0.111. The maximum Gasteiger partial charge on any atom is 0.329 e. The predicted octanol–water partition coefficient (Wildman–Crippen LogP) is 6.31. The first-order valence-electron chi connectivity index (χ1n) is 23.7. The Morgan fingerprint density at radius 3 is 1.74 bits per heavy atom. The third-order valence-corrected chi connectivity index (χ3v) is 13.2. The minimum atomic E-state index is -1.04. The van der Waals surface area contributed by atoms with Crippen LogP contribution in [0.5, 0.6) is 11.8 Å². The van der Waals surface area contributed by atoms with Crippen LogP contribution >= 0.6 is 23.2 Å². The Balaban J connectivity index is 0.000000168. The Hall–Kier alpha value is -7.08. The van der Waals surface area contributed by atoms with Crippen LogP contribution in [-0.4, -0.2) is 145 Å². The summed E-state index contributed by atoms with van der Waals surface area (Å²) in [5.74, 6) is 1.31. The molecule has 4 amide bonds. The van der Waals surface area contributed by atoms with Gasteiger partial charge in [0.25, 0.3) is 0 Å². The van der Waals surface area contributed by atoms with Crippen molar-refractivity contribution >= 4 is 69.9 Å². The van der Waals surface area contributed by atoms with Gasteiger partial charge < -0.3 is 39.0 Å². The van der Waals surface area contributed by atoms with Crippen LogP contribution in [0.4, 0.5) is 44.2 Å². The summed E-state index contributed by atoms with van der Waals surface area (Å²) in [4.78, 5) is 69.9. The maximum absolute atomic E-state index is 13.6. The number of carbonyl (C=O) groups is 2. The number of anilines is 6. The van der Waals surface area contributed by atoms with Crippen LogP contribution in [0.3, 0.4) is 0 Å². The molecule has 380 valence electrons. The number of pyridine rings is 4. The number of aryl methyl sites for hydroxylation is 2. The van der Waals surface area contributed by atoms with Crippen LogP contribution < -0.4 is 39.7 Å². The van der Waals surface area contributed by atoms with E-state index in [9.17, 15) is 14.7 Å². The van der Waals surface area contributed by atoms with Gasteiger partial charge in [0.15, 0.2) is 29.1 Å². The Labute approximate surface area is 429 Å². The van der Waals surface area contributed by atoms with Crippen LogP contribution in [0.25, 0.3) is 22.5 Å². The lowest BCUT2D eigenvalue weighted by molar-refractivity contribution is -0.141. The molecule has 0 radical (unpaired) electrons. The van der Waals surface area contributed by atoms with E-state index in [2.05, 4.69) is 50.3 Å². The molecular formula is C49H52Cl2N14O8. The van der Waals surface area contributed by atoms with Crippen LogP contribution in [0, 0.1) is 13.8 Å². The van der Waals surface area contributed by atoms with E-state index in [1.165, 1.54) is 24.8 Å². The molecule has 4 N–H and O–H groups in total. The highest BCUT2D eigenvalue weighted by molar-refractivity contribution is 6.34. The molecule has 6 aromatic heterocycles. The number of carbonyl (C=O) groups excluding carboxylic acids is 2. The van der Waals surface area contributed by atoms with Crippen molar-refractivity contribution in [3.63, 3.8) is 0 Å². The molecular weight excluding hydrogens is 984 g/mol. The van der Waals surface area contributed by atoms with E-state index in [0.717, 1.165) is 59.8 Å². The van der Waals surface area contributed by atoms with Crippen molar-refractivity contribution in [2.75, 3.05) is 82.8 Å². The highest BCUT2D eigenvalue weighted by Gasteiger charge is 2.43. The molecule has 11 heterocycles. The van der Waals surface area contributed by atoms with Gasteiger partial charge in [0.2, 0.25) is 11.8 Å². The van der Waals surface area contributed by atoms with E-state index >= 15 is 0 Å². The third-order valence-electron chi connectivity index (χ3n) is 12.7. The van der Waals surface area contributed by atoms with Gasteiger partial charge in [-0.25, -0.2) is 19.6 Å². The number of aromatic nitrogens is 8. The average Bonchev–Trinajstić information content (AvgIpc) is 4.10. The molecule has 0 saturated carbocycles. The number of nitrogens with zero attached hydrogens (tertiary/aromatic N) is 12. The highest BCUT2D eigenvalue weighted by Crippen LogP contribution is 2.45. The van der Waals surface area contributed by atoms with Crippen molar-refractivity contribution in [1.82, 2.24) is 39.9 Å². The maximum atomic E-state index is 13.6. The van der Waals surface area contributed by atoms with Gasteiger partial charge in [-0.05, 0) is 76.9 Å². The number of hydrogen-bond acceptors (Lipinski definition) is 18. The summed E-state index contributed by atoms with van der Waals surface area (Å²) in [5, 5.41) is 25.1. The number of amides is 4. The lowest BCUT2D eigenvalue weighted by Gasteiger charge is -2.36. The zero-order valence-electron chi connectivity index (χ0n) is 40.3. The van der Waals surface area contributed by atoms with Crippen molar-refractivity contribution in [1.29, 1.82) is 0 Å². The average molecular weight is 1040 g/mol. The van der Waals surface area contributed by atoms with Crippen molar-refractivity contribution in [2.45, 2.75) is 70.6 Å². The first kappa shape index (κ1) is 49.5. The molecule has 22 nitrogen and oxygen atoms in total. The largest absolute Gasteiger partial charge is 0.474 e. The van der Waals surface area contributed by atoms with Gasteiger partial charge in [0.1, 0.15) is 25.4 Å². The minimum Gasteiger partial charge on any atom is -0.474 e. The summed E-state index contributed by atoms with van der Waals surface area (Å²) in [6, 6.07) is 10.4. The number of hydrogen-bond donors (Lipinski definition) is 4. The summed E-state index contributed by atoms with van der Waals surface area (Å²) in [6.45, 7) is 10.6. The first-order valence-corrected chi connectivity index (χ1v) is 24.4. The van der Waals surface area contributed by atoms with Gasteiger partial charge in [-0.3, -0.25) is 40.4 Å². The molecule has 4 atom stereocenters. The molecule has 4 bridgehead atoms. The first-order chi connectivity index (χ1) is 35.2. The fourth-order valence-corrected chi connectivity index (χ4v) is 9.82. The highest BCUT2D eigenvalue weighted by atomic mass is 35.5. The molecule has 0 aromatic carbocycles. The van der Waals surface area contributed by atoms with E-state index in [1.54, 1.807) is 22.2 Å². The fourth-order valence-electron chi connectivity index (χ4n) is 9.32. The molecule has 3 fully saturated rings. The SMILES string of the molecule is Cc1cc(-c2nc3c(cc2Cl)N2CC[C@@H](C2)N3C(=O)Nc2cncc(OC[C@@H](O)CO)n2)ccn1.Cc1cc(-c2nc3c(cc2Cl)N2CC[C@@H](C2)N3C(=O)Nc2cncc(OC[C@@H]3COC(C)(C)O3)n2)ccn1. The molecule has 0 spiro atoms. The smallest absolute Gasteiger partial charge is 0.329 e. The second kappa shape index (κ2) is 20.8.